The van der Waals surface area contributed by atoms with Crippen molar-refractivity contribution in [1.82, 2.24) is 0 Å². The van der Waals surface area contributed by atoms with Crippen molar-refractivity contribution in [1.29, 1.82) is 0 Å². The standard InChI is InChI=1S/C21H30O3/c1-20-9-7-17-16-6-4-15(22-2)13-14(16)3-5-18(17)19(20)8-10-21(20)23-11-12-24-21/h4,17-19H,3,5-13H2,1-2H3. The van der Waals surface area contributed by atoms with Crippen molar-refractivity contribution in [2.24, 2.45) is 23.2 Å². The first-order valence-electron chi connectivity index (χ1n) is 9.88. The number of hydrogen-bond acceptors (Lipinski definition) is 3. The molecule has 3 nitrogen and oxygen atoms in total. The average molecular weight is 330 g/mol. The maximum Gasteiger partial charge on any atom is 0.174 e. The Labute approximate surface area is 145 Å². The van der Waals surface area contributed by atoms with Crippen LogP contribution < -0.4 is 0 Å². The lowest BCUT2D eigenvalue weighted by Gasteiger charge is -2.53. The van der Waals surface area contributed by atoms with Gasteiger partial charge in [0.2, 0.25) is 0 Å². The first-order chi connectivity index (χ1) is 11.7. The second kappa shape index (κ2) is 5.35. The largest absolute Gasteiger partial charge is 0.501 e. The van der Waals surface area contributed by atoms with Crippen LogP contribution in [0.4, 0.5) is 0 Å². The Morgan fingerprint density at radius 3 is 2.75 bits per heavy atom. The molecular formula is C21H30O3. The minimum Gasteiger partial charge on any atom is -0.501 e. The number of methoxy groups -OCH3 is 1. The van der Waals surface area contributed by atoms with Gasteiger partial charge >= 0.3 is 0 Å². The van der Waals surface area contributed by atoms with Gasteiger partial charge in [-0.05, 0) is 62.4 Å². The molecule has 132 valence electrons. The lowest BCUT2D eigenvalue weighted by atomic mass is 9.54. The van der Waals surface area contributed by atoms with Crippen LogP contribution in [-0.4, -0.2) is 26.1 Å². The highest BCUT2D eigenvalue weighted by molar-refractivity contribution is 5.33. The summed E-state index contributed by atoms with van der Waals surface area (Å²) < 4.78 is 18.0. The summed E-state index contributed by atoms with van der Waals surface area (Å²) in [7, 11) is 1.81. The summed E-state index contributed by atoms with van der Waals surface area (Å²) in [5.74, 6) is 3.34. The van der Waals surface area contributed by atoms with Gasteiger partial charge in [0.1, 0.15) is 0 Å². The highest BCUT2D eigenvalue weighted by Crippen LogP contribution is 2.66. The molecule has 1 saturated heterocycles. The predicted molar refractivity (Wildman–Crippen MR) is 92.3 cm³/mol. The molecule has 0 bridgehead atoms. The van der Waals surface area contributed by atoms with Gasteiger partial charge in [0.15, 0.2) is 5.79 Å². The minimum absolute atomic E-state index is 0.227. The number of rotatable bonds is 1. The van der Waals surface area contributed by atoms with E-state index in [0.29, 0.717) is 0 Å². The summed E-state index contributed by atoms with van der Waals surface area (Å²) >= 11 is 0. The molecule has 1 spiro atoms. The first-order valence-corrected chi connectivity index (χ1v) is 9.88. The molecule has 0 N–H and O–H groups in total. The summed E-state index contributed by atoms with van der Waals surface area (Å²) in [6.07, 6.45) is 12.1. The molecule has 3 fully saturated rings. The SMILES string of the molecule is COC1=CCC2=C(CCC3C2CCC2(C)C3CCC23OCCO3)C1. The van der Waals surface area contributed by atoms with Crippen molar-refractivity contribution in [3.05, 3.63) is 23.0 Å². The van der Waals surface area contributed by atoms with E-state index in [9.17, 15) is 0 Å². The van der Waals surface area contributed by atoms with Gasteiger partial charge in [-0.3, -0.25) is 0 Å². The van der Waals surface area contributed by atoms with Crippen molar-refractivity contribution >= 4 is 0 Å². The normalized spacial score (nSPS) is 43.2. The highest BCUT2D eigenvalue weighted by atomic mass is 16.7. The maximum atomic E-state index is 6.23. The third kappa shape index (κ3) is 1.92. The minimum atomic E-state index is -0.257. The van der Waals surface area contributed by atoms with E-state index in [4.69, 9.17) is 14.2 Å². The summed E-state index contributed by atoms with van der Waals surface area (Å²) in [4.78, 5) is 0. The third-order valence-corrected chi connectivity index (χ3v) is 8.12. The van der Waals surface area contributed by atoms with E-state index in [1.807, 2.05) is 7.11 Å². The molecule has 2 saturated carbocycles. The molecule has 0 aromatic carbocycles. The number of fused-ring (bicyclic) bond motifs is 5. The first kappa shape index (κ1) is 15.5. The molecule has 4 unspecified atom stereocenters. The lowest BCUT2D eigenvalue weighted by molar-refractivity contribution is -0.238. The van der Waals surface area contributed by atoms with Gasteiger partial charge in [-0.2, -0.15) is 0 Å². The molecule has 0 aromatic heterocycles. The molecular weight excluding hydrogens is 300 g/mol. The van der Waals surface area contributed by atoms with Crippen molar-refractivity contribution < 1.29 is 14.2 Å². The zero-order valence-corrected chi connectivity index (χ0v) is 15.1. The predicted octanol–water partition coefficient (Wildman–Crippen LogP) is 4.59. The van der Waals surface area contributed by atoms with Crippen molar-refractivity contribution in [2.45, 2.75) is 64.1 Å². The Kier molecular flexibility index (Phi) is 3.44. The lowest BCUT2D eigenvalue weighted by Crippen LogP contribution is -2.52. The van der Waals surface area contributed by atoms with Crippen LogP contribution in [-0.2, 0) is 14.2 Å². The van der Waals surface area contributed by atoms with Crippen LogP contribution in [0.5, 0.6) is 0 Å². The van der Waals surface area contributed by atoms with E-state index in [1.54, 1.807) is 11.1 Å². The summed E-state index contributed by atoms with van der Waals surface area (Å²) in [5, 5.41) is 0. The quantitative estimate of drug-likeness (QED) is 0.658. The van der Waals surface area contributed by atoms with Crippen LogP contribution in [0.15, 0.2) is 23.0 Å². The fourth-order valence-electron chi connectivity index (χ4n) is 6.93. The van der Waals surface area contributed by atoms with E-state index in [0.717, 1.165) is 50.2 Å². The van der Waals surface area contributed by atoms with Gasteiger partial charge in [-0.15, -0.1) is 0 Å². The third-order valence-electron chi connectivity index (χ3n) is 8.12. The number of hydrogen-bond donors (Lipinski definition) is 0. The van der Waals surface area contributed by atoms with Gasteiger partial charge in [-0.25, -0.2) is 0 Å². The van der Waals surface area contributed by atoms with Gasteiger partial charge in [0.05, 0.1) is 26.1 Å². The molecule has 5 rings (SSSR count). The fraction of sp³-hybridized carbons (Fsp3) is 0.810. The van der Waals surface area contributed by atoms with Gasteiger partial charge < -0.3 is 14.2 Å². The Balaban J connectivity index is 1.43. The molecule has 0 aromatic rings. The smallest absolute Gasteiger partial charge is 0.174 e. The summed E-state index contributed by atoms with van der Waals surface area (Å²) in [5.41, 5.74) is 3.69. The zero-order chi connectivity index (χ0) is 16.4. The molecule has 24 heavy (non-hydrogen) atoms. The van der Waals surface area contributed by atoms with E-state index in [2.05, 4.69) is 13.0 Å². The van der Waals surface area contributed by atoms with Crippen LogP contribution in [0.3, 0.4) is 0 Å². The van der Waals surface area contributed by atoms with Crippen LogP contribution in [0.2, 0.25) is 0 Å². The van der Waals surface area contributed by atoms with Crippen LogP contribution in [0, 0.1) is 23.2 Å². The van der Waals surface area contributed by atoms with E-state index in [1.165, 1.54) is 37.9 Å². The van der Waals surface area contributed by atoms with Crippen LogP contribution in [0.25, 0.3) is 0 Å². The Morgan fingerprint density at radius 1 is 1.12 bits per heavy atom. The molecule has 1 heterocycles. The van der Waals surface area contributed by atoms with Crippen LogP contribution in [0.1, 0.15) is 58.3 Å². The average Bonchev–Trinajstić information content (AvgIpc) is 3.21. The topological polar surface area (TPSA) is 27.7 Å². The van der Waals surface area contributed by atoms with E-state index < -0.39 is 0 Å². The van der Waals surface area contributed by atoms with Crippen LogP contribution >= 0.6 is 0 Å². The van der Waals surface area contributed by atoms with Gasteiger partial charge in [-0.1, -0.05) is 18.1 Å². The highest BCUT2D eigenvalue weighted by Gasteiger charge is 2.65. The van der Waals surface area contributed by atoms with E-state index >= 15 is 0 Å². The fourth-order valence-corrected chi connectivity index (χ4v) is 6.93. The second-order valence-corrected chi connectivity index (χ2v) is 8.74. The molecule has 4 atom stereocenters. The van der Waals surface area contributed by atoms with Gasteiger partial charge in [0, 0.05) is 18.3 Å². The molecule has 5 aliphatic rings. The molecule has 3 heteroatoms. The van der Waals surface area contributed by atoms with E-state index in [-0.39, 0.29) is 11.2 Å². The zero-order valence-electron chi connectivity index (χ0n) is 15.1. The molecule has 0 radical (unpaired) electrons. The number of allylic oxidation sites excluding steroid dienone is 3. The molecule has 4 aliphatic carbocycles. The number of ether oxygens (including phenoxy) is 3. The van der Waals surface area contributed by atoms with Gasteiger partial charge in [0.25, 0.3) is 0 Å². The van der Waals surface area contributed by atoms with Crippen molar-refractivity contribution in [3.8, 4) is 0 Å². The Bertz CT molecular complexity index is 598. The Morgan fingerprint density at radius 2 is 1.96 bits per heavy atom. The Hall–Kier alpha value is -0.800. The maximum absolute atomic E-state index is 6.23. The summed E-state index contributed by atoms with van der Waals surface area (Å²) in [6, 6.07) is 0. The molecule has 0 amide bonds. The monoisotopic (exact) mass is 330 g/mol. The summed E-state index contributed by atoms with van der Waals surface area (Å²) in [6.45, 7) is 4.05. The second-order valence-electron chi connectivity index (χ2n) is 8.74. The van der Waals surface area contributed by atoms with Crippen molar-refractivity contribution in [3.63, 3.8) is 0 Å². The molecule has 1 aliphatic heterocycles. The van der Waals surface area contributed by atoms with Crippen molar-refractivity contribution in [2.75, 3.05) is 20.3 Å².